The van der Waals surface area contributed by atoms with Crippen LogP contribution in [0.4, 0.5) is 0 Å². The minimum atomic E-state index is 0.623. The number of nitrogens with zero attached hydrogens (tertiary/aromatic N) is 20. The van der Waals surface area contributed by atoms with E-state index in [1.165, 1.54) is 48.4 Å². The van der Waals surface area contributed by atoms with E-state index in [-0.39, 0.29) is 0 Å². The van der Waals surface area contributed by atoms with E-state index in [1.807, 2.05) is 132 Å². The van der Waals surface area contributed by atoms with Crippen LogP contribution < -0.4 is 0 Å². The first-order chi connectivity index (χ1) is 32.6. The van der Waals surface area contributed by atoms with Crippen molar-refractivity contribution in [2.24, 2.45) is 14.1 Å². The van der Waals surface area contributed by atoms with E-state index in [0.29, 0.717) is 23.4 Å². The monoisotopic (exact) mass is 990 g/mol. The van der Waals surface area contributed by atoms with E-state index >= 15 is 0 Å². The van der Waals surface area contributed by atoms with Gasteiger partial charge in [-0.15, -0.1) is 10.2 Å². The van der Waals surface area contributed by atoms with E-state index in [1.54, 1.807) is 55.9 Å². The van der Waals surface area contributed by atoms with Crippen LogP contribution in [0.25, 0.3) is 0 Å². The van der Waals surface area contributed by atoms with Crippen molar-refractivity contribution < 1.29 is 9.05 Å². The van der Waals surface area contributed by atoms with Crippen molar-refractivity contribution >= 4 is 23.1 Å². The van der Waals surface area contributed by atoms with Gasteiger partial charge in [-0.1, -0.05) is 79.6 Å². The fraction of sp³-hybridized carbons (Fsp3) is 0.561. The minimum Gasteiger partial charge on any atom is -0.340 e. The largest absolute Gasteiger partial charge is 0.340 e. The number of nitrogens with one attached hydrogen (secondary N) is 3. The highest BCUT2D eigenvalue weighted by Gasteiger charge is 1.91. The zero-order valence-corrected chi connectivity index (χ0v) is 46.3. The highest BCUT2D eigenvalue weighted by atomic mass is 32.1. The lowest BCUT2D eigenvalue weighted by molar-refractivity contribution is 0.389. The molecule has 0 radical (unpaired) electrons. The average molecular weight is 990 g/mol. The number of hydrogen-bond donors (Lipinski definition) is 3. The number of aromatic amines is 3. The molecule has 25 nitrogen and oxygen atoms in total. The molecule has 0 aromatic carbocycles. The molecule has 0 aliphatic carbocycles. The topological polar surface area (TPSA) is 316 Å². The summed E-state index contributed by atoms with van der Waals surface area (Å²) in [6, 6.07) is 0. The molecule has 382 valence electrons. The number of H-pyrrole nitrogens is 3. The first-order valence-corrected chi connectivity index (χ1v) is 23.3. The molecule has 0 spiro atoms. The summed E-state index contributed by atoms with van der Waals surface area (Å²) in [4.78, 5) is 30.6. The highest BCUT2D eigenvalue weighted by molar-refractivity contribution is 7.05. The third-order valence-electron chi connectivity index (χ3n) is 5.19. The predicted octanol–water partition coefficient (Wildman–Crippen LogP) is 8.78. The second-order valence-corrected chi connectivity index (χ2v) is 12.8. The Balaban J connectivity index is -0.000000214. The molecule has 0 bridgehead atoms. The molecule has 0 saturated heterocycles. The van der Waals surface area contributed by atoms with Crippen LogP contribution in [0, 0.1) is 76.2 Å². The summed E-state index contributed by atoms with van der Waals surface area (Å²) in [6.45, 7) is 40.3. The molecule has 9 aromatic heterocycles. The lowest BCUT2D eigenvalue weighted by atomic mass is 10.7. The van der Waals surface area contributed by atoms with Crippen molar-refractivity contribution in [1.29, 1.82) is 0 Å². The molecular weight excluding hydrogens is 911 g/mol. The van der Waals surface area contributed by atoms with Gasteiger partial charge in [0.15, 0.2) is 11.6 Å². The zero-order chi connectivity index (χ0) is 53.1. The third-order valence-corrected chi connectivity index (χ3v) is 6.61. The molecule has 68 heavy (non-hydrogen) atoms. The number of rotatable bonds is 0. The van der Waals surface area contributed by atoms with Crippen molar-refractivity contribution in [1.82, 2.24) is 114 Å². The first kappa shape index (κ1) is 70.1. The molecule has 0 amide bonds. The van der Waals surface area contributed by atoms with Gasteiger partial charge in [0.25, 0.3) is 0 Å². The lowest BCUT2D eigenvalue weighted by Crippen LogP contribution is -1.83. The van der Waals surface area contributed by atoms with Gasteiger partial charge >= 0.3 is 0 Å². The van der Waals surface area contributed by atoms with E-state index in [2.05, 4.69) is 114 Å². The maximum absolute atomic E-state index is 4.60. The molecule has 0 aliphatic heterocycles. The SMILES string of the molecule is CC.CC.CC.CC.CC.Cc1ncn[nH]1.Cc1ncn[nH]1.Cc1ncn[nH]1.Cc1noc(C)n1.Cc1noc(C)n1.Cc1nsc(C)n1.Cc1nsc(C)n1.Cn1cncn1.Cn1cnnc1. The molecular formula is C41H79N23O2S2. The van der Waals surface area contributed by atoms with Crippen LogP contribution in [0.15, 0.2) is 53.3 Å². The summed E-state index contributed by atoms with van der Waals surface area (Å²) in [5.41, 5.74) is 0. The summed E-state index contributed by atoms with van der Waals surface area (Å²) in [5, 5.41) is 38.6. The highest BCUT2D eigenvalue weighted by Crippen LogP contribution is 1.99. The third kappa shape index (κ3) is 48.6. The van der Waals surface area contributed by atoms with E-state index in [4.69, 9.17) is 0 Å². The smallest absolute Gasteiger partial charge is 0.223 e. The van der Waals surface area contributed by atoms with Crippen molar-refractivity contribution in [3.05, 3.63) is 107 Å². The molecule has 0 saturated carbocycles. The molecule has 3 N–H and O–H groups in total. The Morgan fingerprint density at radius 2 is 0.779 bits per heavy atom. The molecule has 9 aromatic rings. The van der Waals surface area contributed by atoms with Crippen molar-refractivity contribution in [3.63, 3.8) is 0 Å². The number of aryl methyl sites for hydroxylation is 13. The molecule has 0 fully saturated rings. The van der Waals surface area contributed by atoms with Gasteiger partial charge in [-0.05, 0) is 85.4 Å². The molecule has 0 unspecified atom stereocenters. The Kier molecular flexibility index (Phi) is 52.7. The number of aromatic nitrogens is 23. The van der Waals surface area contributed by atoms with Gasteiger partial charge in [-0.3, -0.25) is 20.0 Å². The quantitative estimate of drug-likeness (QED) is 0.128. The van der Waals surface area contributed by atoms with Gasteiger partial charge in [0, 0.05) is 27.9 Å². The summed E-state index contributed by atoms with van der Waals surface area (Å²) in [7, 11) is 3.70. The number of hydrogen-bond acceptors (Lipinski definition) is 22. The maximum atomic E-state index is 4.60. The Labute approximate surface area is 411 Å². The molecule has 0 atom stereocenters. The van der Waals surface area contributed by atoms with Crippen LogP contribution in [0.3, 0.4) is 0 Å². The Morgan fingerprint density at radius 1 is 0.441 bits per heavy atom. The maximum Gasteiger partial charge on any atom is 0.223 e. The Morgan fingerprint density at radius 3 is 0.853 bits per heavy atom. The predicted molar refractivity (Wildman–Crippen MR) is 268 cm³/mol. The van der Waals surface area contributed by atoms with Gasteiger partial charge in [-0.25, -0.2) is 29.9 Å². The van der Waals surface area contributed by atoms with Crippen LogP contribution >= 0.6 is 23.1 Å². The van der Waals surface area contributed by atoms with Crippen LogP contribution in [0.2, 0.25) is 0 Å². The average Bonchev–Trinajstić information content (AvgIpc) is 4.18. The second-order valence-electron chi connectivity index (χ2n) is 10.9. The molecule has 9 heterocycles. The summed E-state index contributed by atoms with van der Waals surface area (Å²) in [6.07, 6.45) is 10.9. The van der Waals surface area contributed by atoms with Crippen LogP contribution in [0.5, 0.6) is 0 Å². The molecule has 27 heteroatoms. The van der Waals surface area contributed by atoms with Crippen molar-refractivity contribution in [3.8, 4) is 0 Å². The van der Waals surface area contributed by atoms with Crippen LogP contribution in [0.1, 0.15) is 132 Å². The van der Waals surface area contributed by atoms with Gasteiger partial charge in [0.2, 0.25) is 11.8 Å². The van der Waals surface area contributed by atoms with E-state index < -0.39 is 0 Å². The van der Waals surface area contributed by atoms with Gasteiger partial charge in [0.05, 0.1) is 0 Å². The molecule has 9 rings (SSSR count). The van der Waals surface area contributed by atoms with Crippen molar-refractivity contribution in [2.45, 2.75) is 145 Å². The van der Waals surface area contributed by atoms with Gasteiger partial charge < -0.3 is 13.6 Å². The van der Waals surface area contributed by atoms with E-state index in [0.717, 1.165) is 39.1 Å². The van der Waals surface area contributed by atoms with Gasteiger partial charge in [0.1, 0.15) is 83.4 Å². The first-order valence-electron chi connectivity index (χ1n) is 21.7. The fourth-order valence-corrected chi connectivity index (χ4v) is 3.88. The minimum absolute atomic E-state index is 0.623. The van der Waals surface area contributed by atoms with Crippen LogP contribution in [-0.4, -0.2) is 114 Å². The summed E-state index contributed by atoms with van der Waals surface area (Å²) < 4.78 is 20.5. The van der Waals surface area contributed by atoms with Crippen molar-refractivity contribution in [2.75, 3.05) is 0 Å². The Hall–Kier alpha value is -6.90. The van der Waals surface area contributed by atoms with Gasteiger partial charge in [-0.2, -0.15) is 39.1 Å². The lowest BCUT2D eigenvalue weighted by Gasteiger charge is -1.74. The molecule has 0 aliphatic rings. The summed E-state index contributed by atoms with van der Waals surface area (Å²) in [5.74, 6) is 6.95. The van der Waals surface area contributed by atoms with Crippen LogP contribution in [-0.2, 0) is 14.1 Å². The normalized spacial score (nSPS) is 8.22. The second kappa shape index (κ2) is 51.1. The van der Waals surface area contributed by atoms with E-state index in [9.17, 15) is 0 Å². The standard InChI is InChI=1S/2C4H6N2O.2C4H6N2S.5C3H5N3.5C2H6/c4*1-3-5-4(2)7-6-3;1-6-2-4-5-3-6;1-6-3-4-2-5-6;3*1-3-4-2-5-6-3;5*1-2/h4*1-2H3;2*2-3H,1H3;3*2H,1H3,(H,4,5,6);5*1-2H3. The Bertz CT molecular complexity index is 1790. The summed E-state index contributed by atoms with van der Waals surface area (Å²) >= 11 is 2.89. The zero-order valence-electron chi connectivity index (χ0n) is 44.6. The fourth-order valence-electron chi connectivity index (χ4n) is 2.92.